The zero-order chi connectivity index (χ0) is 14.1. The zero-order valence-corrected chi connectivity index (χ0v) is 13.3. The van der Waals surface area contributed by atoms with E-state index in [9.17, 15) is 4.79 Å². The highest BCUT2D eigenvalue weighted by molar-refractivity contribution is 5.88. The van der Waals surface area contributed by atoms with Crippen molar-refractivity contribution in [2.45, 2.75) is 44.9 Å². The number of halogens is 1. The number of amides is 1. The molecule has 0 heterocycles. The molecule has 0 saturated heterocycles. The van der Waals surface area contributed by atoms with Crippen LogP contribution >= 0.6 is 12.4 Å². The van der Waals surface area contributed by atoms with E-state index < -0.39 is 5.41 Å². The minimum atomic E-state index is -0.399. The van der Waals surface area contributed by atoms with Gasteiger partial charge in [-0.3, -0.25) is 4.79 Å². The molecule has 1 aromatic rings. The molecular formula is C16H27ClN2O. The first kappa shape index (κ1) is 18.9. The summed E-state index contributed by atoms with van der Waals surface area (Å²) in [5.41, 5.74) is 6.17. The molecule has 0 aliphatic heterocycles. The number of nitrogens with two attached hydrogens (primary N) is 1. The van der Waals surface area contributed by atoms with E-state index in [1.165, 1.54) is 0 Å². The summed E-state index contributed by atoms with van der Waals surface area (Å²) in [4.78, 5) is 12.5. The molecule has 4 heteroatoms. The third-order valence-corrected chi connectivity index (χ3v) is 3.88. The van der Waals surface area contributed by atoms with Crippen LogP contribution in [0, 0.1) is 0 Å². The summed E-state index contributed by atoms with van der Waals surface area (Å²) in [5, 5.41) is 3.06. The number of unbranched alkanes of at least 4 members (excludes halogenated alkanes) is 1. The van der Waals surface area contributed by atoms with Gasteiger partial charge in [-0.2, -0.15) is 0 Å². The average molecular weight is 299 g/mol. The SMILES string of the molecule is CCC(CC)(C(=O)NCCCCN)c1ccccc1.Cl. The third-order valence-electron chi connectivity index (χ3n) is 3.88. The Morgan fingerprint density at radius 1 is 1.15 bits per heavy atom. The van der Waals surface area contributed by atoms with Gasteiger partial charge in [-0.15, -0.1) is 12.4 Å². The summed E-state index contributed by atoms with van der Waals surface area (Å²) in [6, 6.07) is 10.1. The number of nitrogens with one attached hydrogen (secondary N) is 1. The molecule has 0 radical (unpaired) electrons. The van der Waals surface area contributed by atoms with Gasteiger partial charge in [0, 0.05) is 6.54 Å². The molecule has 0 aromatic heterocycles. The summed E-state index contributed by atoms with van der Waals surface area (Å²) in [6.45, 7) is 5.55. The van der Waals surface area contributed by atoms with Crippen molar-refractivity contribution in [3.63, 3.8) is 0 Å². The van der Waals surface area contributed by atoms with Gasteiger partial charge in [-0.1, -0.05) is 44.2 Å². The Bertz CT molecular complexity index is 377. The lowest BCUT2D eigenvalue weighted by atomic mass is 9.75. The molecule has 0 saturated carbocycles. The molecule has 1 rings (SSSR count). The molecule has 0 spiro atoms. The number of benzene rings is 1. The predicted octanol–water partition coefficient (Wildman–Crippen LogP) is 3.02. The van der Waals surface area contributed by atoms with E-state index in [2.05, 4.69) is 19.2 Å². The molecule has 1 amide bonds. The van der Waals surface area contributed by atoms with Gasteiger partial charge in [-0.05, 0) is 37.8 Å². The molecule has 0 bridgehead atoms. The van der Waals surface area contributed by atoms with Gasteiger partial charge in [0.15, 0.2) is 0 Å². The number of carbonyl (C=O) groups excluding carboxylic acids is 1. The lowest BCUT2D eigenvalue weighted by molar-refractivity contribution is -0.127. The van der Waals surface area contributed by atoms with E-state index >= 15 is 0 Å². The fraction of sp³-hybridized carbons (Fsp3) is 0.562. The Hall–Kier alpha value is -1.06. The fourth-order valence-electron chi connectivity index (χ4n) is 2.51. The number of hydrogen-bond acceptors (Lipinski definition) is 2. The average Bonchev–Trinajstić information content (AvgIpc) is 2.47. The second-order valence-corrected chi connectivity index (χ2v) is 4.91. The van der Waals surface area contributed by atoms with Crippen LogP contribution in [0.2, 0.25) is 0 Å². The van der Waals surface area contributed by atoms with Crippen LogP contribution in [0.4, 0.5) is 0 Å². The van der Waals surface area contributed by atoms with Crippen molar-refractivity contribution in [3.05, 3.63) is 35.9 Å². The minimum Gasteiger partial charge on any atom is -0.355 e. The second kappa shape index (κ2) is 9.78. The first-order chi connectivity index (χ1) is 9.21. The van der Waals surface area contributed by atoms with Crippen LogP contribution in [-0.4, -0.2) is 19.0 Å². The highest BCUT2D eigenvalue weighted by atomic mass is 35.5. The van der Waals surface area contributed by atoms with Crippen LogP contribution in [-0.2, 0) is 10.2 Å². The Morgan fingerprint density at radius 3 is 2.25 bits per heavy atom. The molecule has 1 aromatic carbocycles. The van der Waals surface area contributed by atoms with Crippen molar-refractivity contribution >= 4 is 18.3 Å². The van der Waals surface area contributed by atoms with Gasteiger partial charge in [0.05, 0.1) is 5.41 Å². The van der Waals surface area contributed by atoms with Crippen molar-refractivity contribution in [3.8, 4) is 0 Å². The molecule has 0 aliphatic rings. The number of hydrogen-bond donors (Lipinski definition) is 2. The molecule has 0 atom stereocenters. The van der Waals surface area contributed by atoms with E-state index in [4.69, 9.17) is 5.73 Å². The molecule has 3 nitrogen and oxygen atoms in total. The summed E-state index contributed by atoms with van der Waals surface area (Å²) in [7, 11) is 0. The van der Waals surface area contributed by atoms with Crippen LogP contribution < -0.4 is 11.1 Å². The third kappa shape index (κ3) is 4.50. The summed E-state index contributed by atoms with van der Waals surface area (Å²) < 4.78 is 0. The molecular weight excluding hydrogens is 272 g/mol. The highest BCUT2D eigenvalue weighted by Gasteiger charge is 2.36. The molecule has 0 unspecified atom stereocenters. The standard InChI is InChI=1S/C16H26N2O.ClH/c1-3-16(4-2,14-10-6-5-7-11-14)15(19)18-13-9-8-12-17;/h5-7,10-11H,3-4,8-9,12-13,17H2,1-2H3,(H,18,19);1H. The van der Waals surface area contributed by atoms with Gasteiger partial charge in [0.25, 0.3) is 0 Å². The Labute approximate surface area is 128 Å². The Balaban J connectivity index is 0.00000361. The van der Waals surface area contributed by atoms with Crippen LogP contribution in [0.1, 0.15) is 45.1 Å². The minimum absolute atomic E-state index is 0. The topological polar surface area (TPSA) is 55.1 Å². The van der Waals surface area contributed by atoms with E-state index in [-0.39, 0.29) is 18.3 Å². The normalized spacial score (nSPS) is 10.8. The van der Waals surface area contributed by atoms with E-state index in [0.29, 0.717) is 13.1 Å². The van der Waals surface area contributed by atoms with Gasteiger partial charge in [0.2, 0.25) is 5.91 Å². The largest absolute Gasteiger partial charge is 0.355 e. The molecule has 0 aliphatic carbocycles. The summed E-state index contributed by atoms with van der Waals surface area (Å²) in [6.07, 6.45) is 3.53. The Morgan fingerprint density at radius 2 is 1.75 bits per heavy atom. The molecule has 114 valence electrons. The lowest BCUT2D eigenvalue weighted by Gasteiger charge is -2.31. The van der Waals surface area contributed by atoms with Gasteiger partial charge in [0.1, 0.15) is 0 Å². The fourth-order valence-corrected chi connectivity index (χ4v) is 2.51. The molecule has 0 fully saturated rings. The zero-order valence-electron chi connectivity index (χ0n) is 12.5. The van der Waals surface area contributed by atoms with Crippen molar-refractivity contribution in [1.82, 2.24) is 5.32 Å². The first-order valence-corrected chi connectivity index (χ1v) is 7.25. The van der Waals surface area contributed by atoms with Crippen LogP contribution in [0.15, 0.2) is 30.3 Å². The van der Waals surface area contributed by atoms with Gasteiger partial charge in [-0.25, -0.2) is 0 Å². The Kier molecular flexibility index (Phi) is 9.26. The smallest absolute Gasteiger partial charge is 0.230 e. The van der Waals surface area contributed by atoms with E-state index in [1.807, 2.05) is 30.3 Å². The van der Waals surface area contributed by atoms with Crippen molar-refractivity contribution < 1.29 is 4.79 Å². The van der Waals surface area contributed by atoms with Crippen molar-refractivity contribution in [2.24, 2.45) is 5.73 Å². The van der Waals surface area contributed by atoms with Crippen LogP contribution in [0.25, 0.3) is 0 Å². The lowest BCUT2D eigenvalue weighted by Crippen LogP contribution is -2.44. The maximum absolute atomic E-state index is 12.5. The highest BCUT2D eigenvalue weighted by Crippen LogP contribution is 2.31. The quantitative estimate of drug-likeness (QED) is 0.725. The molecule has 20 heavy (non-hydrogen) atoms. The second-order valence-electron chi connectivity index (χ2n) is 4.91. The maximum Gasteiger partial charge on any atom is 0.230 e. The first-order valence-electron chi connectivity index (χ1n) is 7.25. The van der Waals surface area contributed by atoms with E-state index in [0.717, 1.165) is 31.2 Å². The van der Waals surface area contributed by atoms with Crippen LogP contribution in [0.3, 0.4) is 0 Å². The summed E-state index contributed by atoms with van der Waals surface area (Å²) in [5.74, 6) is 0.140. The molecule has 3 N–H and O–H groups in total. The maximum atomic E-state index is 12.5. The predicted molar refractivity (Wildman–Crippen MR) is 87.2 cm³/mol. The monoisotopic (exact) mass is 298 g/mol. The number of carbonyl (C=O) groups is 1. The van der Waals surface area contributed by atoms with Crippen molar-refractivity contribution in [1.29, 1.82) is 0 Å². The van der Waals surface area contributed by atoms with Crippen LogP contribution in [0.5, 0.6) is 0 Å². The number of rotatable bonds is 8. The van der Waals surface area contributed by atoms with Gasteiger partial charge >= 0.3 is 0 Å². The summed E-state index contributed by atoms with van der Waals surface area (Å²) >= 11 is 0. The van der Waals surface area contributed by atoms with Crippen molar-refractivity contribution in [2.75, 3.05) is 13.1 Å². The van der Waals surface area contributed by atoms with E-state index in [1.54, 1.807) is 0 Å². The van der Waals surface area contributed by atoms with Gasteiger partial charge < -0.3 is 11.1 Å².